The number of halogens is 2. The molecule has 0 radical (unpaired) electrons. The fourth-order valence-electron chi connectivity index (χ4n) is 5.07. The van der Waals surface area contributed by atoms with Crippen LogP contribution in [-0.2, 0) is 6.54 Å². The molecule has 0 saturated carbocycles. The Balaban J connectivity index is 0.00000272. The lowest BCUT2D eigenvalue weighted by molar-refractivity contribution is 0.249. The first-order chi connectivity index (χ1) is 14.7. The van der Waals surface area contributed by atoms with E-state index in [1.165, 1.54) is 32.4 Å². The zero-order valence-corrected chi connectivity index (χ0v) is 21.4. The quantitative estimate of drug-likeness (QED) is 0.351. The summed E-state index contributed by atoms with van der Waals surface area (Å²) in [4.78, 5) is 14.0. The van der Waals surface area contributed by atoms with Crippen molar-refractivity contribution in [2.45, 2.75) is 38.8 Å². The van der Waals surface area contributed by atoms with E-state index in [1.807, 2.05) is 19.2 Å². The summed E-state index contributed by atoms with van der Waals surface area (Å²) in [5.74, 6) is 0.807. The number of guanidine groups is 1. The van der Waals surface area contributed by atoms with Crippen LogP contribution in [0, 0.1) is 5.82 Å². The fraction of sp³-hybridized carbons (Fsp3) is 0.696. The lowest BCUT2D eigenvalue weighted by atomic mass is 10.1. The summed E-state index contributed by atoms with van der Waals surface area (Å²) >= 11 is 0. The molecule has 3 aliphatic heterocycles. The van der Waals surface area contributed by atoms with Gasteiger partial charge in [-0.25, -0.2) is 4.39 Å². The van der Waals surface area contributed by atoms with Crippen LogP contribution in [-0.4, -0.2) is 92.7 Å². The van der Waals surface area contributed by atoms with E-state index in [2.05, 4.69) is 36.8 Å². The highest BCUT2D eigenvalue weighted by Crippen LogP contribution is 2.23. The Morgan fingerprint density at radius 3 is 2.48 bits per heavy atom. The van der Waals surface area contributed by atoms with Gasteiger partial charge in [0.1, 0.15) is 5.82 Å². The Bertz CT molecular complexity index is 731. The first-order valence-corrected chi connectivity index (χ1v) is 11.6. The maximum absolute atomic E-state index is 14.8. The van der Waals surface area contributed by atoms with E-state index in [-0.39, 0.29) is 29.8 Å². The van der Waals surface area contributed by atoms with Crippen molar-refractivity contribution in [3.63, 3.8) is 0 Å². The number of nitrogens with one attached hydrogen (secondary N) is 1. The molecule has 1 atom stereocenters. The van der Waals surface area contributed by atoms with E-state index in [9.17, 15) is 4.39 Å². The number of nitrogens with zero attached hydrogens (tertiary/aromatic N) is 5. The molecule has 3 heterocycles. The molecule has 31 heavy (non-hydrogen) atoms. The van der Waals surface area contributed by atoms with Gasteiger partial charge < -0.3 is 20.0 Å². The molecule has 3 aliphatic rings. The van der Waals surface area contributed by atoms with Gasteiger partial charge in [0.2, 0.25) is 0 Å². The van der Waals surface area contributed by atoms with E-state index in [0.29, 0.717) is 12.6 Å². The molecule has 8 heteroatoms. The first-order valence-electron chi connectivity index (χ1n) is 11.6. The molecule has 1 aromatic carbocycles. The van der Waals surface area contributed by atoms with Crippen LogP contribution in [0.15, 0.2) is 23.2 Å². The molecule has 0 aliphatic carbocycles. The summed E-state index contributed by atoms with van der Waals surface area (Å²) in [6, 6.07) is 6.31. The van der Waals surface area contributed by atoms with E-state index in [0.717, 1.165) is 63.0 Å². The third-order valence-corrected chi connectivity index (χ3v) is 6.95. The van der Waals surface area contributed by atoms with Gasteiger partial charge in [-0.05, 0) is 56.6 Å². The molecule has 1 N–H and O–H groups in total. The van der Waals surface area contributed by atoms with Gasteiger partial charge >= 0.3 is 0 Å². The van der Waals surface area contributed by atoms with Crippen LogP contribution >= 0.6 is 24.0 Å². The molecule has 4 rings (SSSR count). The van der Waals surface area contributed by atoms with Gasteiger partial charge in [-0.15, -0.1) is 24.0 Å². The number of aliphatic imine (C=N–C) groups is 1. The largest absolute Gasteiger partial charge is 0.367 e. The highest BCUT2D eigenvalue weighted by Gasteiger charge is 2.30. The summed E-state index contributed by atoms with van der Waals surface area (Å²) in [5.41, 5.74) is 1.69. The molecule has 1 aromatic rings. The lowest BCUT2D eigenvalue weighted by Gasteiger charge is -2.35. The van der Waals surface area contributed by atoms with E-state index in [1.54, 1.807) is 6.07 Å². The number of likely N-dealkylation sites (N-methyl/N-ethyl adjacent to an activating group) is 1. The van der Waals surface area contributed by atoms with Crippen LogP contribution in [0.4, 0.5) is 10.1 Å². The number of hydrogen-bond acceptors (Lipinski definition) is 4. The van der Waals surface area contributed by atoms with Gasteiger partial charge in [0.05, 0.1) is 5.69 Å². The average molecular weight is 545 g/mol. The van der Waals surface area contributed by atoms with Crippen LogP contribution in [0.1, 0.15) is 31.7 Å². The standard InChI is InChI=1S/C23H37FN6.HI/c1-3-27-12-14-29(15-13-27)22-7-6-19(16-21(22)24)17-26-23(25-2)30-11-8-20(18-30)28-9-4-5-10-28;/h6-7,16,20H,3-5,8-15,17-18H2,1-2H3,(H,25,26);1H. The van der Waals surface area contributed by atoms with Crippen LogP contribution in [0.3, 0.4) is 0 Å². The van der Waals surface area contributed by atoms with Crippen molar-refractivity contribution >= 4 is 35.6 Å². The van der Waals surface area contributed by atoms with Crippen LogP contribution < -0.4 is 10.2 Å². The second kappa shape index (κ2) is 11.7. The smallest absolute Gasteiger partial charge is 0.193 e. The molecule has 0 amide bonds. The molecule has 3 saturated heterocycles. The summed E-state index contributed by atoms with van der Waals surface area (Å²) in [5, 5.41) is 3.45. The third kappa shape index (κ3) is 6.01. The second-order valence-corrected chi connectivity index (χ2v) is 8.74. The Morgan fingerprint density at radius 2 is 1.84 bits per heavy atom. The number of anilines is 1. The Hall–Kier alpha value is -1.13. The summed E-state index contributed by atoms with van der Waals surface area (Å²) in [7, 11) is 1.84. The van der Waals surface area contributed by atoms with Crippen molar-refractivity contribution in [2.24, 2.45) is 4.99 Å². The highest BCUT2D eigenvalue weighted by atomic mass is 127. The molecule has 174 valence electrons. The number of likely N-dealkylation sites (tertiary alicyclic amines) is 2. The van der Waals surface area contributed by atoms with Crippen molar-refractivity contribution in [1.29, 1.82) is 0 Å². The van der Waals surface area contributed by atoms with Gasteiger partial charge in [0.15, 0.2) is 5.96 Å². The number of benzene rings is 1. The minimum absolute atomic E-state index is 0. The van der Waals surface area contributed by atoms with Gasteiger partial charge in [0.25, 0.3) is 0 Å². The van der Waals surface area contributed by atoms with Gasteiger partial charge in [-0.2, -0.15) is 0 Å². The molecule has 0 aromatic heterocycles. The van der Waals surface area contributed by atoms with Crippen molar-refractivity contribution in [3.8, 4) is 0 Å². The van der Waals surface area contributed by atoms with E-state index in [4.69, 9.17) is 0 Å². The summed E-state index contributed by atoms with van der Waals surface area (Å²) in [6.07, 6.45) is 3.87. The number of hydrogen-bond donors (Lipinski definition) is 1. The fourth-order valence-corrected chi connectivity index (χ4v) is 5.07. The Kier molecular flexibility index (Phi) is 9.21. The van der Waals surface area contributed by atoms with Crippen molar-refractivity contribution < 1.29 is 4.39 Å². The third-order valence-electron chi connectivity index (χ3n) is 6.95. The summed E-state index contributed by atoms with van der Waals surface area (Å²) < 4.78 is 14.8. The lowest BCUT2D eigenvalue weighted by Crippen LogP contribution is -2.46. The molecule has 0 spiro atoms. The number of rotatable bonds is 5. The number of piperazine rings is 1. The molecule has 1 unspecified atom stereocenters. The second-order valence-electron chi connectivity index (χ2n) is 8.74. The summed E-state index contributed by atoms with van der Waals surface area (Å²) in [6.45, 7) is 12.2. The monoisotopic (exact) mass is 544 g/mol. The molecular weight excluding hydrogens is 506 g/mol. The Labute approximate surface area is 203 Å². The SMILES string of the molecule is CCN1CCN(c2ccc(CNC(=NC)N3CCC(N4CCCC4)C3)cc2F)CC1.I. The maximum atomic E-state index is 14.8. The van der Waals surface area contributed by atoms with E-state index < -0.39 is 0 Å². The van der Waals surface area contributed by atoms with Gasteiger partial charge in [0, 0.05) is 58.9 Å². The minimum atomic E-state index is -0.121. The van der Waals surface area contributed by atoms with Crippen LogP contribution in [0.5, 0.6) is 0 Å². The predicted molar refractivity (Wildman–Crippen MR) is 137 cm³/mol. The minimum Gasteiger partial charge on any atom is -0.367 e. The predicted octanol–water partition coefficient (Wildman–Crippen LogP) is 2.83. The Morgan fingerprint density at radius 1 is 1.10 bits per heavy atom. The zero-order chi connectivity index (χ0) is 20.9. The zero-order valence-electron chi connectivity index (χ0n) is 19.0. The van der Waals surface area contributed by atoms with Crippen LogP contribution in [0.25, 0.3) is 0 Å². The normalized spacial score (nSPS) is 23.3. The topological polar surface area (TPSA) is 37.4 Å². The van der Waals surface area contributed by atoms with Crippen molar-refractivity contribution in [3.05, 3.63) is 29.6 Å². The molecule has 3 fully saturated rings. The van der Waals surface area contributed by atoms with Crippen molar-refractivity contribution in [2.75, 3.05) is 70.9 Å². The molecule has 6 nitrogen and oxygen atoms in total. The van der Waals surface area contributed by atoms with Gasteiger partial charge in [-0.1, -0.05) is 13.0 Å². The maximum Gasteiger partial charge on any atom is 0.193 e. The van der Waals surface area contributed by atoms with Gasteiger partial charge in [-0.3, -0.25) is 9.89 Å². The molecular formula is C23H38FIN6. The van der Waals surface area contributed by atoms with Crippen LogP contribution in [0.2, 0.25) is 0 Å². The molecule has 0 bridgehead atoms. The first kappa shape index (κ1) is 24.5. The average Bonchev–Trinajstić information content (AvgIpc) is 3.47. The highest BCUT2D eigenvalue weighted by molar-refractivity contribution is 14.0. The van der Waals surface area contributed by atoms with Crippen molar-refractivity contribution in [1.82, 2.24) is 20.0 Å². The van der Waals surface area contributed by atoms with E-state index >= 15 is 0 Å².